The van der Waals surface area contributed by atoms with Crippen molar-refractivity contribution >= 4 is 22.6 Å². The van der Waals surface area contributed by atoms with Gasteiger partial charge >= 0.3 is 0 Å². The number of benzene rings is 3. The monoisotopic (exact) mass is 471 g/mol. The number of rotatable bonds is 8. The van der Waals surface area contributed by atoms with Crippen molar-refractivity contribution < 1.29 is 18.7 Å². The van der Waals surface area contributed by atoms with E-state index in [9.17, 15) is 9.59 Å². The van der Waals surface area contributed by atoms with Crippen LogP contribution in [0.15, 0.2) is 70.1 Å². The van der Waals surface area contributed by atoms with E-state index in [2.05, 4.69) is 19.2 Å². The van der Waals surface area contributed by atoms with Crippen molar-refractivity contribution in [3.63, 3.8) is 0 Å². The molecule has 0 aliphatic heterocycles. The molecule has 4 aromatic rings. The first-order valence-electron chi connectivity index (χ1n) is 11.7. The van der Waals surface area contributed by atoms with Gasteiger partial charge in [0.1, 0.15) is 23.3 Å². The van der Waals surface area contributed by atoms with Crippen molar-refractivity contribution in [1.29, 1.82) is 0 Å². The van der Waals surface area contributed by atoms with Crippen LogP contribution in [0.5, 0.6) is 17.2 Å². The number of hydrogen-bond acceptors (Lipinski definition) is 5. The zero-order valence-corrected chi connectivity index (χ0v) is 20.4. The van der Waals surface area contributed by atoms with Gasteiger partial charge in [-0.05, 0) is 73.2 Å². The van der Waals surface area contributed by atoms with E-state index in [0.29, 0.717) is 22.5 Å². The van der Waals surface area contributed by atoms with E-state index in [1.54, 1.807) is 18.2 Å². The molecule has 6 heteroatoms. The van der Waals surface area contributed by atoms with Crippen LogP contribution in [-0.2, 0) is 17.6 Å². The number of ether oxygens (including phenoxy) is 2. The zero-order chi connectivity index (χ0) is 24.9. The minimum Gasteiger partial charge on any atom is -0.484 e. The largest absolute Gasteiger partial charge is 0.484 e. The number of carbonyl (C=O) groups excluding carboxylic acids is 1. The second-order valence-electron chi connectivity index (χ2n) is 8.51. The van der Waals surface area contributed by atoms with E-state index < -0.39 is 0 Å². The van der Waals surface area contributed by atoms with Gasteiger partial charge in [0, 0.05) is 11.8 Å². The third-order valence-corrected chi connectivity index (χ3v) is 5.77. The molecule has 0 radical (unpaired) electrons. The average molecular weight is 472 g/mol. The fourth-order valence-corrected chi connectivity index (χ4v) is 4.10. The average Bonchev–Trinajstić information content (AvgIpc) is 2.84. The first-order chi connectivity index (χ1) is 16.9. The number of nitrogens with one attached hydrogen (secondary N) is 1. The minimum absolute atomic E-state index is 0.108. The molecule has 1 N–H and O–H groups in total. The molecule has 0 fully saturated rings. The maximum Gasteiger partial charge on any atom is 0.262 e. The number of aryl methyl sites for hydroxylation is 4. The molecule has 1 aromatic heterocycles. The lowest BCUT2D eigenvalue weighted by molar-refractivity contribution is -0.118. The van der Waals surface area contributed by atoms with E-state index >= 15 is 0 Å². The van der Waals surface area contributed by atoms with Gasteiger partial charge in [0.25, 0.3) is 5.91 Å². The van der Waals surface area contributed by atoms with Crippen LogP contribution in [0, 0.1) is 13.8 Å². The van der Waals surface area contributed by atoms with Gasteiger partial charge in [-0.2, -0.15) is 0 Å². The van der Waals surface area contributed by atoms with Crippen LogP contribution < -0.4 is 20.2 Å². The second-order valence-corrected chi connectivity index (χ2v) is 8.51. The topological polar surface area (TPSA) is 77.8 Å². The normalized spacial score (nSPS) is 10.9. The van der Waals surface area contributed by atoms with Crippen molar-refractivity contribution in [3.8, 4) is 17.2 Å². The molecule has 0 spiro atoms. The van der Waals surface area contributed by atoms with Crippen molar-refractivity contribution in [1.82, 2.24) is 0 Å². The summed E-state index contributed by atoms with van der Waals surface area (Å²) in [6.07, 6.45) is 2.94. The molecule has 35 heavy (non-hydrogen) atoms. The molecule has 4 rings (SSSR count). The summed E-state index contributed by atoms with van der Waals surface area (Å²) >= 11 is 0. The van der Waals surface area contributed by atoms with Crippen molar-refractivity contribution in [2.24, 2.45) is 0 Å². The lowest BCUT2D eigenvalue weighted by atomic mass is 10.0. The molecule has 0 atom stereocenters. The summed E-state index contributed by atoms with van der Waals surface area (Å²) in [6, 6.07) is 16.6. The van der Waals surface area contributed by atoms with Gasteiger partial charge in [-0.25, -0.2) is 0 Å². The van der Waals surface area contributed by atoms with E-state index in [0.717, 1.165) is 40.8 Å². The van der Waals surface area contributed by atoms with Gasteiger partial charge in [0.15, 0.2) is 6.61 Å². The molecule has 0 aliphatic carbocycles. The Hall–Kier alpha value is -4.06. The van der Waals surface area contributed by atoms with Gasteiger partial charge < -0.3 is 19.2 Å². The van der Waals surface area contributed by atoms with Crippen LogP contribution in [0.2, 0.25) is 0 Å². The lowest BCUT2D eigenvalue weighted by Crippen LogP contribution is -2.21. The molecule has 1 heterocycles. The molecule has 6 nitrogen and oxygen atoms in total. The predicted molar refractivity (Wildman–Crippen MR) is 138 cm³/mol. The Bertz CT molecular complexity index is 1390. The van der Waals surface area contributed by atoms with E-state index in [1.807, 2.05) is 50.2 Å². The third-order valence-electron chi connectivity index (χ3n) is 5.77. The molecule has 0 saturated carbocycles. The van der Waals surface area contributed by atoms with Gasteiger partial charge in [-0.1, -0.05) is 38.1 Å². The maximum atomic E-state index is 12.9. The van der Waals surface area contributed by atoms with Crippen LogP contribution in [0.1, 0.15) is 36.1 Å². The maximum absolute atomic E-state index is 12.9. The molecular formula is C29H29NO5. The predicted octanol–water partition coefficient (Wildman–Crippen LogP) is 6.34. The van der Waals surface area contributed by atoms with Crippen LogP contribution in [-0.4, -0.2) is 12.5 Å². The highest BCUT2D eigenvalue weighted by Crippen LogP contribution is 2.26. The van der Waals surface area contributed by atoms with Crippen molar-refractivity contribution in [2.45, 2.75) is 40.5 Å². The van der Waals surface area contributed by atoms with Crippen molar-refractivity contribution in [2.75, 3.05) is 11.9 Å². The summed E-state index contributed by atoms with van der Waals surface area (Å²) in [5, 5.41) is 3.35. The highest BCUT2D eigenvalue weighted by molar-refractivity contribution is 5.93. The summed E-state index contributed by atoms with van der Waals surface area (Å²) in [5.41, 5.74) is 5.18. The van der Waals surface area contributed by atoms with Gasteiger partial charge in [0.05, 0.1) is 5.39 Å². The van der Waals surface area contributed by atoms with Gasteiger partial charge in [0.2, 0.25) is 11.2 Å². The Morgan fingerprint density at radius 1 is 0.914 bits per heavy atom. The second kappa shape index (κ2) is 10.5. The third kappa shape index (κ3) is 5.54. The van der Waals surface area contributed by atoms with Crippen molar-refractivity contribution in [3.05, 3.63) is 93.3 Å². The van der Waals surface area contributed by atoms with Crippen LogP contribution in [0.4, 0.5) is 5.69 Å². The highest BCUT2D eigenvalue weighted by atomic mass is 16.5. The lowest BCUT2D eigenvalue weighted by Gasteiger charge is -2.15. The van der Waals surface area contributed by atoms with Crippen LogP contribution >= 0.6 is 0 Å². The summed E-state index contributed by atoms with van der Waals surface area (Å²) in [5.74, 6) is 0.866. The minimum atomic E-state index is -0.280. The molecule has 0 aliphatic rings. The molecule has 1 amide bonds. The smallest absolute Gasteiger partial charge is 0.262 e. The fraction of sp³-hybridized carbons (Fsp3) is 0.241. The van der Waals surface area contributed by atoms with Gasteiger partial charge in [-0.3, -0.25) is 9.59 Å². The zero-order valence-electron chi connectivity index (χ0n) is 20.4. The van der Waals surface area contributed by atoms with Crippen LogP contribution in [0.25, 0.3) is 11.0 Å². The highest BCUT2D eigenvalue weighted by Gasteiger charge is 2.13. The summed E-state index contributed by atoms with van der Waals surface area (Å²) in [7, 11) is 0. The molecule has 0 unspecified atom stereocenters. The summed E-state index contributed by atoms with van der Waals surface area (Å²) in [6.45, 7) is 7.89. The first kappa shape index (κ1) is 24.1. The molecule has 0 bridgehead atoms. The Morgan fingerprint density at radius 2 is 1.60 bits per heavy atom. The SMILES string of the molecule is CCc1cccc(CC)c1NC(=O)COc1ccc2c(=O)c(Oc3cc(C)cc(C)c3)coc2c1. The van der Waals surface area contributed by atoms with Crippen LogP contribution in [0.3, 0.4) is 0 Å². The Morgan fingerprint density at radius 3 is 2.26 bits per heavy atom. The number of para-hydroxylation sites is 1. The molecule has 3 aromatic carbocycles. The molecule has 0 saturated heterocycles. The fourth-order valence-electron chi connectivity index (χ4n) is 4.10. The van der Waals surface area contributed by atoms with E-state index in [-0.39, 0.29) is 23.7 Å². The quantitative estimate of drug-likeness (QED) is 0.324. The number of fused-ring (bicyclic) bond motifs is 1. The summed E-state index contributed by atoms with van der Waals surface area (Å²) < 4.78 is 17.1. The molecule has 180 valence electrons. The number of carbonyl (C=O) groups is 1. The summed E-state index contributed by atoms with van der Waals surface area (Å²) in [4.78, 5) is 25.5. The number of anilines is 1. The Labute approximate surface area is 204 Å². The van der Waals surface area contributed by atoms with Gasteiger partial charge in [-0.15, -0.1) is 0 Å². The standard InChI is InChI=1S/C29H29NO5/c1-5-20-8-7-9-21(6-2)28(20)30-27(31)17-33-22-10-11-24-25(15-22)34-16-26(29(24)32)35-23-13-18(3)12-19(4)14-23/h7-16H,5-6,17H2,1-4H3,(H,30,31). The number of hydrogen-bond donors (Lipinski definition) is 1. The number of amides is 1. The first-order valence-corrected chi connectivity index (χ1v) is 11.7. The van der Waals surface area contributed by atoms with E-state index in [1.165, 1.54) is 6.26 Å². The molecular weight excluding hydrogens is 442 g/mol. The Kier molecular flexibility index (Phi) is 7.20. The van der Waals surface area contributed by atoms with E-state index in [4.69, 9.17) is 13.9 Å². The Balaban J connectivity index is 1.47.